The minimum absolute atomic E-state index is 0.00705. The van der Waals surface area contributed by atoms with E-state index in [1.807, 2.05) is 42.5 Å². The van der Waals surface area contributed by atoms with Crippen molar-refractivity contribution in [3.8, 4) is 0 Å². The molecule has 28 heavy (non-hydrogen) atoms. The molecule has 0 aliphatic rings. The van der Waals surface area contributed by atoms with Gasteiger partial charge in [-0.05, 0) is 41.5 Å². The van der Waals surface area contributed by atoms with Gasteiger partial charge in [-0.2, -0.15) is 0 Å². The van der Waals surface area contributed by atoms with Crippen molar-refractivity contribution in [2.45, 2.75) is 13.0 Å². The standard InChI is InChI=1S/C22H18N2O4/c1-13(16-9-5-7-14-6-3-4-8-17(14)16)24-20(25)18-12-15(21(26)27)10-11-19(18)23(2)22(24)28/h3-13H,1-2H3,(H,26,27). The van der Waals surface area contributed by atoms with Crippen LogP contribution in [0.25, 0.3) is 21.7 Å². The number of aryl methyl sites for hydroxylation is 1. The monoisotopic (exact) mass is 374 g/mol. The van der Waals surface area contributed by atoms with E-state index in [0.29, 0.717) is 5.52 Å². The summed E-state index contributed by atoms with van der Waals surface area (Å²) in [7, 11) is 1.58. The lowest BCUT2D eigenvalue weighted by atomic mass is 9.99. The molecule has 0 saturated heterocycles. The number of hydrogen-bond acceptors (Lipinski definition) is 3. The first-order valence-corrected chi connectivity index (χ1v) is 8.86. The molecule has 1 heterocycles. The van der Waals surface area contributed by atoms with E-state index >= 15 is 0 Å². The topological polar surface area (TPSA) is 81.3 Å². The Morgan fingerprint density at radius 3 is 2.43 bits per heavy atom. The molecule has 1 aromatic heterocycles. The third kappa shape index (κ3) is 2.62. The van der Waals surface area contributed by atoms with Gasteiger partial charge in [0.25, 0.3) is 5.56 Å². The van der Waals surface area contributed by atoms with Gasteiger partial charge in [-0.3, -0.25) is 13.9 Å². The fraction of sp³-hybridized carbons (Fsp3) is 0.136. The molecule has 1 N–H and O–H groups in total. The zero-order chi connectivity index (χ0) is 20.0. The molecular formula is C22H18N2O4. The van der Waals surface area contributed by atoms with Crippen LogP contribution in [0.4, 0.5) is 0 Å². The van der Waals surface area contributed by atoms with Gasteiger partial charge in [-0.15, -0.1) is 0 Å². The average Bonchev–Trinajstić information content (AvgIpc) is 2.71. The van der Waals surface area contributed by atoms with E-state index in [-0.39, 0.29) is 10.9 Å². The number of fused-ring (bicyclic) bond motifs is 2. The van der Waals surface area contributed by atoms with Crippen molar-refractivity contribution in [3.05, 3.63) is 92.6 Å². The van der Waals surface area contributed by atoms with Crippen molar-refractivity contribution in [1.82, 2.24) is 9.13 Å². The highest BCUT2D eigenvalue weighted by Gasteiger charge is 2.19. The zero-order valence-corrected chi connectivity index (χ0v) is 15.4. The molecule has 4 rings (SSSR count). The fourth-order valence-electron chi connectivity index (χ4n) is 3.71. The second kappa shape index (κ2) is 6.49. The van der Waals surface area contributed by atoms with Crippen LogP contribution in [0.1, 0.15) is 28.9 Å². The van der Waals surface area contributed by atoms with E-state index in [9.17, 15) is 19.5 Å². The Bertz CT molecular complexity index is 1360. The predicted octanol–water partition coefficient (Wildman–Crippen LogP) is 3.16. The van der Waals surface area contributed by atoms with Gasteiger partial charge < -0.3 is 5.11 Å². The van der Waals surface area contributed by atoms with Crippen molar-refractivity contribution < 1.29 is 9.90 Å². The van der Waals surface area contributed by atoms with Crippen LogP contribution in [0.5, 0.6) is 0 Å². The smallest absolute Gasteiger partial charge is 0.335 e. The summed E-state index contributed by atoms with van der Waals surface area (Å²) in [5.74, 6) is -1.12. The maximum absolute atomic E-state index is 13.2. The third-order valence-corrected chi connectivity index (χ3v) is 5.21. The van der Waals surface area contributed by atoms with Gasteiger partial charge in [0, 0.05) is 7.05 Å². The van der Waals surface area contributed by atoms with Gasteiger partial charge in [0.05, 0.1) is 22.5 Å². The molecule has 1 unspecified atom stereocenters. The Labute approximate surface area is 159 Å². The van der Waals surface area contributed by atoms with Crippen molar-refractivity contribution >= 4 is 27.6 Å². The SMILES string of the molecule is CC(c1cccc2ccccc12)n1c(=O)c2cc(C(=O)O)ccc2n(C)c1=O. The number of rotatable bonds is 3. The van der Waals surface area contributed by atoms with Gasteiger partial charge >= 0.3 is 11.7 Å². The van der Waals surface area contributed by atoms with E-state index in [1.54, 1.807) is 14.0 Å². The first kappa shape index (κ1) is 17.7. The van der Waals surface area contributed by atoms with Gasteiger partial charge in [0.15, 0.2) is 0 Å². The van der Waals surface area contributed by atoms with E-state index < -0.39 is 23.3 Å². The second-order valence-electron chi connectivity index (χ2n) is 6.80. The quantitative estimate of drug-likeness (QED) is 0.597. The Hall–Kier alpha value is -3.67. The molecule has 6 nitrogen and oxygen atoms in total. The Morgan fingerprint density at radius 2 is 1.68 bits per heavy atom. The van der Waals surface area contributed by atoms with E-state index in [1.165, 1.54) is 27.3 Å². The summed E-state index contributed by atoms with van der Waals surface area (Å²) in [6.45, 7) is 1.80. The number of carbonyl (C=O) groups is 1. The minimum Gasteiger partial charge on any atom is -0.478 e. The maximum atomic E-state index is 13.2. The number of benzene rings is 3. The first-order valence-electron chi connectivity index (χ1n) is 8.86. The van der Waals surface area contributed by atoms with Crippen molar-refractivity contribution in [1.29, 1.82) is 0 Å². The average molecular weight is 374 g/mol. The molecule has 0 amide bonds. The molecule has 0 bridgehead atoms. The van der Waals surface area contributed by atoms with Crippen molar-refractivity contribution in [2.75, 3.05) is 0 Å². The summed E-state index contributed by atoms with van der Waals surface area (Å²) < 4.78 is 2.57. The summed E-state index contributed by atoms with van der Waals surface area (Å²) in [5, 5.41) is 11.4. The van der Waals surface area contributed by atoms with Gasteiger partial charge in [0.1, 0.15) is 0 Å². The van der Waals surface area contributed by atoms with Crippen LogP contribution in [0.15, 0.2) is 70.3 Å². The fourth-order valence-corrected chi connectivity index (χ4v) is 3.71. The first-order chi connectivity index (χ1) is 13.4. The molecule has 0 aliphatic carbocycles. The lowest BCUT2D eigenvalue weighted by molar-refractivity contribution is 0.0697. The number of nitrogens with zero attached hydrogens (tertiary/aromatic N) is 2. The Balaban J connectivity index is 2.04. The maximum Gasteiger partial charge on any atom is 0.335 e. The molecule has 4 aromatic rings. The summed E-state index contributed by atoms with van der Waals surface area (Å²) >= 11 is 0. The van der Waals surface area contributed by atoms with Crippen LogP contribution >= 0.6 is 0 Å². The van der Waals surface area contributed by atoms with Crippen LogP contribution < -0.4 is 11.2 Å². The van der Waals surface area contributed by atoms with Crippen LogP contribution in [-0.2, 0) is 7.05 Å². The molecule has 0 fully saturated rings. The number of aromatic nitrogens is 2. The van der Waals surface area contributed by atoms with Crippen molar-refractivity contribution in [2.24, 2.45) is 7.05 Å². The number of aromatic carboxylic acids is 1. The molecule has 1 atom stereocenters. The lowest BCUT2D eigenvalue weighted by Gasteiger charge is -2.19. The summed E-state index contributed by atoms with van der Waals surface area (Å²) in [6.07, 6.45) is 0. The highest BCUT2D eigenvalue weighted by molar-refractivity contribution is 5.93. The summed E-state index contributed by atoms with van der Waals surface area (Å²) in [4.78, 5) is 37.5. The Kier molecular flexibility index (Phi) is 4.11. The van der Waals surface area contributed by atoms with Gasteiger partial charge in [0.2, 0.25) is 0 Å². The van der Waals surface area contributed by atoms with E-state index in [0.717, 1.165) is 16.3 Å². The van der Waals surface area contributed by atoms with Gasteiger partial charge in [-0.1, -0.05) is 42.5 Å². The molecule has 0 radical (unpaired) electrons. The molecular weight excluding hydrogens is 356 g/mol. The highest BCUT2D eigenvalue weighted by atomic mass is 16.4. The second-order valence-corrected chi connectivity index (χ2v) is 6.80. The molecule has 0 aliphatic heterocycles. The van der Waals surface area contributed by atoms with Gasteiger partial charge in [-0.25, -0.2) is 9.59 Å². The predicted molar refractivity (Wildman–Crippen MR) is 108 cm³/mol. The molecule has 0 saturated carbocycles. The molecule has 3 aromatic carbocycles. The normalized spacial score (nSPS) is 12.4. The van der Waals surface area contributed by atoms with E-state index in [4.69, 9.17) is 0 Å². The zero-order valence-electron chi connectivity index (χ0n) is 15.4. The van der Waals surface area contributed by atoms with Crippen LogP contribution in [0.3, 0.4) is 0 Å². The molecule has 140 valence electrons. The highest BCUT2D eigenvalue weighted by Crippen LogP contribution is 2.25. The molecule has 0 spiro atoms. The third-order valence-electron chi connectivity index (χ3n) is 5.21. The number of carboxylic acid groups (broad SMARTS) is 1. The van der Waals surface area contributed by atoms with Crippen LogP contribution in [-0.4, -0.2) is 20.2 Å². The summed E-state index contributed by atoms with van der Waals surface area (Å²) in [5.41, 5.74) is 0.322. The van der Waals surface area contributed by atoms with E-state index in [2.05, 4.69) is 0 Å². The van der Waals surface area contributed by atoms with Crippen LogP contribution in [0, 0.1) is 0 Å². The van der Waals surface area contributed by atoms with Crippen LogP contribution in [0.2, 0.25) is 0 Å². The summed E-state index contributed by atoms with van der Waals surface area (Å²) in [6, 6.07) is 17.3. The number of hydrogen-bond donors (Lipinski definition) is 1. The molecule has 6 heteroatoms. The van der Waals surface area contributed by atoms with Crippen molar-refractivity contribution in [3.63, 3.8) is 0 Å². The number of carboxylic acids is 1. The minimum atomic E-state index is -1.12. The lowest BCUT2D eigenvalue weighted by Crippen LogP contribution is -2.41. The Morgan fingerprint density at radius 1 is 0.964 bits per heavy atom. The largest absolute Gasteiger partial charge is 0.478 e.